The zero-order valence-corrected chi connectivity index (χ0v) is 19.5. The van der Waals surface area contributed by atoms with E-state index in [2.05, 4.69) is 4.90 Å². The van der Waals surface area contributed by atoms with Crippen molar-refractivity contribution in [2.75, 3.05) is 52.4 Å². The van der Waals surface area contributed by atoms with Gasteiger partial charge in [0.25, 0.3) is 0 Å². The zero-order chi connectivity index (χ0) is 22.2. The van der Waals surface area contributed by atoms with Crippen molar-refractivity contribution in [3.8, 4) is 0 Å². The maximum absolute atomic E-state index is 13.4. The van der Waals surface area contributed by atoms with E-state index in [1.54, 1.807) is 24.3 Å². The van der Waals surface area contributed by atoms with Crippen LogP contribution in [-0.2, 0) is 4.74 Å². The van der Waals surface area contributed by atoms with Gasteiger partial charge in [0.1, 0.15) is 17.7 Å². The molecule has 2 aromatic rings. The molecule has 0 aromatic heterocycles. The SMILES string of the molecule is CCN(CC)C(=O)N1CCN(CCOC(c2ccc(F)cc2)c2ccc(F)cc2)CC1.Cl. The average Bonchev–Trinajstić information content (AvgIpc) is 2.79. The zero-order valence-electron chi connectivity index (χ0n) is 18.7. The molecule has 1 fully saturated rings. The van der Waals surface area contributed by atoms with Gasteiger partial charge in [-0.2, -0.15) is 0 Å². The normalized spacial score (nSPS) is 14.3. The number of urea groups is 1. The molecule has 1 aliphatic heterocycles. The molecule has 0 atom stereocenters. The molecule has 32 heavy (non-hydrogen) atoms. The predicted octanol–water partition coefficient (Wildman–Crippen LogP) is 4.57. The second-order valence-corrected chi connectivity index (χ2v) is 7.64. The molecule has 0 spiro atoms. The van der Waals surface area contributed by atoms with E-state index in [0.29, 0.717) is 19.7 Å². The minimum Gasteiger partial charge on any atom is -0.367 e. The van der Waals surface area contributed by atoms with Gasteiger partial charge < -0.3 is 14.5 Å². The summed E-state index contributed by atoms with van der Waals surface area (Å²) in [7, 11) is 0. The smallest absolute Gasteiger partial charge is 0.320 e. The number of nitrogens with zero attached hydrogens (tertiary/aromatic N) is 3. The lowest BCUT2D eigenvalue weighted by atomic mass is 10.0. The van der Waals surface area contributed by atoms with E-state index in [9.17, 15) is 13.6 Å². The molecule has 0 aliphatic carbocycles. The second kappa shape index (κ2) is 12.7. The number of carbonyl (C=O) groups is 1. The molecule has 3 rings (SSSR count). The highest BCUT2D eigenvalue weighted by molar-refractivity contribution is 5.85. The quantitative estimate of drug-likeness (QED) is 0.570. The number of hydrogen-bond donors (Lipinski definition) is 0. The maximum atomic E-state index is 13.4. The van der Waals surface area contributed by atoms with Crippen molar-refractivity contribution in [2.45, 2.75) is 20.0 Å². The topological polar surface area (TPSA) is 36.0 Å². The highest BCUT2D eigenvalue weighted by atomic mass is 35.5. The lowest BCUT2D eigenvalue weighted by Crippen LogP contribution is -2.53. The maximum Gasteiger partial charge on any atom is 0.320 e. The van der Waals surface area contributed by atoms with Crippen LogP contribution in [0.25, 0.3) is 0 Å². The Bertz CT molecular complexity index is 779. The van der Waals surface area contributed by atoms with Crippen molar-refractivity contribution in [2.24, 2.45) is 0 Å². The molecule has 0 unspecified atom stereocenters. The number of amides is 2. The summed E-state index contributed by atoms with van der Waals surface area (Å²) in [5.41, 5.74) is 1.64. The molecule has 0 radical (unpaired) electrons. The van der Waals surface area contributed by atoms with Crippen LogP contribution in [0.5, 0.6) is 0 Å². The molecule has 2 amide bonds. The Morgan fingerprint density at radius 1 is 0.906 bits per heavy atom. The van der Waals surface area contributed by atoms with Crippen LogP contribution in [0.1, 0.15) is 31.1 Å². The summed E-state index contributed by atoms with van der Waals surface area (Å²) in [6, 6.07) is 12.5. The van der Waals surface area contributed by atoms with Crippen molar-refractivity contribution >= 4 is 18.4 Å². The Balaban J connectivity index is 0.00000363. The third-order valence-electron chi connectivity index (χ3n) is 5.71. The van der Waals surface area contributed by atoms with Crippen molar-refractivity contribution in [1.82, 2.24) is 14.7 Å². The number of benzene rings is 2. The Morgan fingerprint density at radius 3 is 1.81 bits per heavy atom. The van der Waals surface area contributed by atoms with E-state index >= 15 is 0 Å². The third kappa shape index (κ3) is 6.89. The molecule has 0 bridgehead atoms. The first-order valence-corrected chi connectivity index (χ1v) is 10.9. The molecule has 1 saturated heterocycles. The molecule has 5 nitrogen and oxygen atoms in total. The molecular weight excluding hydrogens is 436 g/mol. The van der Waals surface area contributed by atoms with Gasteiger partial charge in [-0.05, 0) is 49.2 Å². The predicted molar refractivity (Wildman–Crippen MR) is 124 cm³/mol. The van der Waals surface area contributed by atoms with Crippen LogP contribution in [0, 0.1) is 11.6 Å². The average molecular weight is 468 g/mol. The Hall–Kier alpha value is -2.22. The van der Waals surface area contributed by atoms with Gasteiger partial charge in [-0.3, -0.25) is 4.90 Å². The van der Waals surface area contributed by atoms with Crippen LogP contribution in [0.15, 0.2) is 48.5 Å². The van der Waals surface area contributed by atoms with Gasteiger partial charge in [0.15, 0.2) is 0 Å². The Labute approximate surface area is 195 Å². The summed E-state index contributed by atoms with van der Waals surface area (Å²) in [6.07, 6.45) is -0.397. The summed E-state index contributed by atoms with van der Waals surface area (Å²) < 4.78 is 32.9. The first-order chi connectivity index (χ1) is 15.0. The van der Waals surface area contributed by atoms with Gasteiger partial charge in [-0.25, -0.2) is 13.6 Å². The summed E-state index contributed by atoms with van der Waals surface area (Å²) in [5, 5.41) is 0. The van der Waals surface area contributed by atoms with Crippen molar-refractivity contribution < 1.29 is 18.3 Å². The van der Waals surface area contributed by atoms with E-state index in [4.69, 9.17) is 4.74 Å². The summed E-state index contributed by atoms with van der Waals surface area (Å²) in [5.74, 6) is -0.613. The molecule has 1 heterocycles. The van der Waals surface area contributed by atoms with Crippen molar-refractivity contribution in [1.29, 1.82) is 0 Å². The molecule has 0 saturated carbocycles. The van der Waals surface area contributed by atoms with E-state index in [0.717, 1.165) is 43.9 Å². The fourth-order valence-electron chi connectivity index (χ4n) is 3.82. The van der Waals surface area contributed by atoms with E-state index in [1.165, 1.54) is 24.3 Å². The van der Waals surface area contributed by atoms with Gasteiger partial charge >= 0.3 is 6.03 Å². The van der Waals surface area contributed by atoms with Crippen LogP contribution in [0.2, 0.25) is 0 Å². The fourth-order valence-corrected chi connectivity index (χ4v) is 3.82. The number of ether oxygens (including phenoxy) is 1. The van der Waals surface area contributed by atoms with Crippen LogP contribution in [0.4, 0.5) is 13.6 Å². The number of rotatable bonds is 8. The van der Waals surface area contributed by atoms with Gasteiger partial charge in [-0.15, -0.1) is 12.4 Å². The number of hydrogen-bond acceptors (Lipinski definition) is 3. The number of halogens is 3. The Kier molecular flexibility index (Phi) is 10.4. The number of carbonyl (C=O) groups excluding carboxylic acids is 1. The van der Waals surface area contributed by atoms with Gasteiger partial charge in [0, 0.05) is 45.8 Å². The first kappa shape index (κ1) is 26.0. The molecule has 2 aromatic carbocycles. The van der Waals surface area contributed by atoms with E-state index < -0.39 is 6.10 Å². The first-order valence-electron chi connectivity index (χ1n) is 10.9. The van der Waals surface area contributed by atoms with Crippen molar-refractivity contribution in [3.63, 3.8) is 0 Å². The Morgan fingerprint density at radius 2 is 1.38 bits per heavy atom. The van der Waals surface area contributed by atoms with Crippen LogP contribution in [0.3, 0.4) is 0 Å². The third-order valence-corrected chi connectivity index (χ3v) is 5.71. The molecule has 1 aliphatic rings. The molecule has 0 N–H and O–H groups in total. The van der Waals surface area contributed by atoms with Crippen molar-refractivity contribution in [3.05, 3.63) is 71.3 Å². The van der Waals surface area contributed by atoms with Gasteiger partial charge in [0.2, 0.25) is 0 Å². The van der Waals surface area contributed by atoms with Gasteiger partial charge in [-0.1, -0.05) is 24.3 Å². The molecular formula is C24H32ClF2N3O2. The second-order valence-electron chi connectivity index (χ2n) is 7.64. The standard InChI is InChI=1S/C24H31F2N3O2.ClH/c1-3-28(4-2)24(30)29-15-13-27(14-16-29)17-18-31-23(19-5-9-21(25)10-6-19)20-7-11-22(26)12-8-20;/h5-12,23H,3-4,13-18H2,1-2H3;1H. The van der Waals surface area contributed by atoms with Crippen LogP contribution >= 0.6 is 12.4 Å². The van der Waals surface area contributed by atoms with Crippen LogP contribution in [-0.4, -0.2) is 73.2 Å². The van der Waals surface area contributed by atoms with Gasteiger partial charge in [0.05, 0.1) is 6.61 Å². The highest BCUT2D eigenvalue weighted by Gasteiger charge is 2.24. The summed E-state index contributed by atoms with van der Waals surface area (Å²) in [4.78, 5) is 18.5. The minimum absolute atomic E-state index is 0. The summed E-state index contributed by atoms with van der Waals surface area (Å²) in [6.45, 7) is 9.64. The minimum atomic E-state index is -0.397. The number of piperazine rings is 1. The molecule has 176 valence electrons. The lowest BCUT2D eigenvalue weighted by molar-refractivity contribution is 0.0469. The lowest BCUT2D eigenvalue weighted by Gasteiger charge is -2.37. The highest BCUT2D eigenvalue weighted by Crippen LogP contribution is 2.26. The monoisotopic (exact) mass is 467 g/mol. The summed E-state index contributed by atoms with van der Waals surface area (Å²) >= 11 is 0. The largest absolute Gasteiger partial charge is 0.367 e. The van der Waals surface area contributed by atoms with E-state index in [1.807, 2.05) is 23.6 Å². The molecule has 8 heteroatoms. The van der Waals surface area contributed by atoms with Crippen LogP contribution < -0.4 is 0 Å². The fraction of sp³-hybridized carbons (Fsp3) is 0.458. The van der Waals surface area contributed by atoms with E-state index in [-0.39, 0.29) is 30.1 Å².